The van der Waals surface area contributed by atoms with Gasteiger partial charge < -0.3 is 5.32 Å². The molecule has 2 aromatic rings. The smallest absolute Gasteiger partial charge is 0.0292 e. The van der Waals surface area contributed by atoms with Crippen LogP contribution in [0.2, 0.25) is 0 Å². The number of hydrogen-bond donors (Lipinski definition) is 1. The third-order valence-electron chi connectivity index (χ3n) is 3.06. The van der Waals surface area contributed by atoms with Crippen LogP contribution in [-0.4, -0.2) is 6.54 Å². The molecule has 2 aromatic carbocycles. The van der Waals surface area contributed by atoms with Crippen molar-refractivity contribution in [2.45, 2.75) is 19.4 Å². The number of rotatable bonds is 5. The molecule has 0 bridgehead atoms. The van der Waals surface area contributed by atoms with E-state index in [-0.39, 0.29) is 0 Å². The topological polar surface area (TPSA) is 12.0 Å². The predicted molar refractivity (Wildman–Crippen MR) is 80.7 cm³/mol. The van der Waals surface area contributed by atoms with Gasteiger partial charge in [0, 0.05) is 10.5 Å². The summed E-state index contributed by atoms with van der Waals surface area (Å²) in [6.07, 6.45) is 1.07. The van der Waals surface area contributed by atoms with E-state index in [9.17, 15) is 0 Å². The molecule has 1 N–H and O–H groups in total. The van der Waals surface area contributed by atoms with Crippen LogP contribution in [0.25, 0.3) is 0 Å². The second-order valence-corrected chi connectivity index (χ2v) is 5.38. The molecule has 0 unspecified atom stereocenters. The summed E-state index contributed by atoms with van der Waals surface area (Å²) in [5.74, 6) is 0. The molecule has 0 spiro atoms. The second kappa shape index (κ2) is 6.72. The Morgan fingerprint density at radius 3 is 2.56 bits per heavy atom. The second-order valence-electron chi connectivity index (χ2n) is 4.47. The first-order valence-electron chi connectivity index (χ1n) is 6.28. The van der Waals surface area contributed by atoms with Crippen molar-refractivity contribution >= 4 is 15.9 Å². The molecule has 0 saturated carbocycles. The number of halogens is 1. The van der Waals surface area contributed by atoms with Crippen molar-refractivity contribution < 1.29 is 0 Å². The number of benzene rings is 2. The maximum absolute atomic E-state index is 3.55. The molecule has 0 saturated heterocycles. The van der Waals surface area contributed by atoms with Gasteiger partial charge in [0.05, 0.1) is 0 Å². The van der Waals surface area contributed by atoms with Crippen molar-refractivity contribution in [3.63, 3.8) is 0 Å². The molecule has 0 amide bonds. The Morgan fingerprint density at radius 1 is 1.06 bits per heavy atom. The monoisotopic (exact) mass is 303 g/mol. The van der Waals surface area contributed by atoms with Crippen LogP contribution in [0.15, 0.2) is 59.1 Å². The summed E-state index contributed by atoms with van der Waals surface area (Å²) in [5, 5.41) is 3.55. The Kier molecular flexibility index (Phi) is 4.97. The van der Waals surface area contributed by atoms with Crippen molar-refractivity contribution in [2.75, 3.05) is 6.54 Å². The summed E-state index contributed by atoms with van der Waals surface area (Å²) >= 11 is 3.51. The minimum atomic E-state index is 0.381. The van der Waals surface area contributed by atoms with E-state index in [2.05, 4.69) is 82.8 Å². The molecule has 0 heterocycles. The molecule has 0 fully saturated rings. The van der Waals surface area contributed by atoms with Gasteiger partial charge >= 0.3 is 0 Å². The van der Waals surface area contributed by atoms with Gasteiger partial charge in [-0.1, -0.05) is 58.4 Å². The van der Waals surface area contributed by atoms with Crippen molar-refractivity contribution in [3.8, 4) is 0 Å². The van der Waals surface area contributed by atoms with Crippen LogP contribution in [-0.2, 0) is 6.42 Å². The fraction of sp³-hybridized carbons (Fsp3) is 0.250. The van der Waals surface area contributed by atoms with Gasteiger partial charge in [0.2, 0.25) is 0 Å². The highest BCUT2D eigenvalue weighted by atomic mass is 79.9. The van der Waals surface area contributed by atoms with Gasteiger partial charge in [0.25, 0.3) is 0 Å². The van der Waals surface area contributed by atoms with Crippen LogP contribution in [0.3, 0.4) is 0 Å². The number of hydrogen-bond acceptors (Lipinski definition) is 1. The molecule has 1 nitrogen and oxygen atoms in total. The Balaban J connectivity index is 1.83. The molecule has 1 atom stereocenters. The van der Waals surface area contributed by atoms with Crippen molar-refractivity contribution in [1.82, 2.24) is 5.32 Å². The fourth-order valence-corrected chi connectivity index (χ4v) is 2.39. The van der Waals surface area contributed by atoms with Gasteiger partial charge in [-0.25, -0.2) is 0 Å². The summed E-state index contributed by atoms with van der Waals surface area (Å²) in [4.78, 5) is 0. The highest BCUT2D eigenvalue weighted by Crippen LogP contribution is 2.17. The molecule has 94 valence electrons. The molecule has 2 heteroatoms. The first-order chi connectivity index (χ1) is 8.75. The van der Waals surface area contributed by atoms with Crippen LogP contribution >= 0.6 is 15.9 Å². The Morgan fingerprint density at radius 2 is 1.83 bits per heavy atom. The average Bonchev–Trinajstić information content (AvgIpc) is 2.40. The molecular formula is C16H18BrN. The minimum absolute atomic E-state index is 0.381. The van der Waals surface area contributed by atoms with Gasteiger partial charge in [-0.15, -0.1) is 0 Å². The normalized spacial score (nSPS) is 12.3. The highest BCUT2D eigenvalue weighted by molar-refractivity contribution is 9.10. The van der Waals surface area contributed by atoms with Crippen LogP contribution < -0.4 is 5.32 Å². The molecule has 0 aromatic heterocycles. The zero-order chi connectivity index (χ0) is 12.8. The van der Waals surface area contributed by atoms with Gasteiger partial charge in [-0.3, -0.25) is 0 Å². The maximum atomic E-state index is 3.55. The summed E-state index contributed by atoms with van der Waals surface area (Å²) < 4.78 is 1.14. The van der Waals surface area contributed by atoms with Gasteiger partial charge in [0.1, 0.15) is 0 Å². The standard InChI is InChI=1S/C16H18BrN/c1-13(15-8-5-9-16(17)12-15)18-11-10-14-6-3-2-4-7-14/h2-9,12-13,18H,10-11H2,1H3/t13-/m1/s1. The minimum Gasteiger partial charge on any atom is -0.310 e. The third kappa shape index (κ3) is 3.97. The molecule has 2 rings (SSSR count). The lowest BCUT2D eigenvalue weighted by molar-refractivity contribution is 0.576. The fourth-order valence-electron chi connectivity index (χ4n) is 1.97. The first-order valence-corrected chi connectivity index (χ1v) is 7.08. The molecule has 0 aliphatic rings. The summed E-state index contributed by atoms with van der Waals surface area (Å²) in [6.45, 7) is 3.20. The van der Waals surface area contributed by atoms with Crippen LogP contribution in [0.4, 0.5) is 0 Å². The van der Waals surface area contributed by atoms with E-state index in [0.29, 0.717) is 6.04 Å². The zero-order valence-corrected chi connectivity index (χ0v) is 12.2. The summed E-state index contributed by atoms with van der Waals surface area (Å²) in [5.41, 5.74) is 2.70. The van der Waals surface area contributed by atoms with Crippen LogP contribution in [0.5, 0.6) is 0 Å². The maximum Gasteiger partial charge on any atom is 0.0292 e. The van der Waals surface area contributed by atoms with E-state index in [1.165, 1.54) is 11.1 Å². The van der Waals surface area contributed by atoms with Crippen molar-refractivity contribution in [1.29, 1.82) is 0 Å². The number of nitrogens with one attached hydrogen (secondary N) is 1. The van der Waals surface area contributed by atoms with E-state index in [4.69, 9.17) is 0 Å². The molecule has 0 aliphatic heterocycles. The van der Waals surface area contributed by atoms with Crippen LogP contribution in [0, 0.1) is 0 Å². The highest BCUT2D eigenvalue weighted by Gasteiger charge is 2.04. The van der Waals surface area contributed by atoms with Crippen molar-refractivity contribution in [3.05, 3.63) is 70.2 Å². The quantitative estimate of drug-likeness (QED) is 0.866. The Labute approximate surface area is 117 Å². The van der Waals surface area contributed by atoms with Crippen molar-refractivity contribution in [2.24, 2.45) is 0 Å². The lowest BCUT2D eigenvalue weighted by Gasteiger charge is -2.14. The molecule has 0 radical (unpaired) electrons. The van der Waals surface area contributed by atoms with E-state index >= 15 is 0 Å². The van der Waals surface area contributed by atoms with Gasteiger partial charge in [-0.05, 0) is 43.1 Å². The zero-order valence-electron chi connectivity index (χ0n) is 10.6. The Bertz CT molecular complexity index is 481. The van der Waals surface area contributed by atoms with E-state index in [1.54, 1.807) is 0 Å². The Hall–Kier alpha value is -1.12. The van der Waals surface area contributed by atoms with Gasteiger partial charge in [-0.2, -0.15) is 0 Å². The lowest BCUT2D eigenvalue weighted by Crippen LogP contribution is -2.21. The van der Waals surface area contributed by atoms with E-state index in [0.717, 1.165) is 17.4 Å². The average molecular weight is 304 g/mol. The van der Waals surface area contributed by atoms with Crippen LogP contribution in [0.1, 0.15) is 24.1 Å². The third-order valence-corrected chi connectivity index (χ3v) is 3.55. The van der Waals surface area contributed by atoms with E-state index in [1.807, 2.05) is 0 Å². The predicted octanol–water partition coefficient (Wildman–Crippen LogP) is 4.34. The SMILES string of the molecule is C[C@@H](NCCc1ccccc1)c1cccc(Br)c1. The molecule has 0 aliphatic carbocycles. The molecule has 18 heavy (non-hydrogen) atoms. The summed E-state index contributed by atoms with van der Waals surface area (Å²) in [6, 6.07) is 19.4. The van der Waals surface area contributed by atoms with Gasteiger partial charge in [0.15, 0.2) is 0 Å². The lowest BCUT2D eigenvalue weighted by atomic mass is 10.1. The van der Waals surface area contributed by atoms with E-state index < -0.39 is 0 Å². The largest absolute Gasteiger partial charge is 0.310 e. The first kappa shape index (κ1) is 13.3. The molecular weight excluding hydrogens is 286 g/mol. The summed E-state index contributed by atoms with van der Waals surface area (Å²) in [7, 11) is 0.